The smallest absolute Gasteiger partial charge is 0.337 e. The number of aliphatic hydroxyl groups excluding tert-OH is 1. The van der Waals surface area contributed by atoms with Gasteiger partial charge in [-0.15, -0.1) is 0 Å². The molecule has 12 nitrogen and oxygen atoms in total. The molecule has 2 heterocycles. The van der Waals surface area contributed by atoms with E-state index >= 15 is 0 Å². The molecule has 0 bridgehead atoms. The molecule has 160 valence electrons. The molecule has 0 saturated heterocycles. The van der Waals surface area contributed by atoms with E-state index in [1.54, 1.807) is 18.2 Å². The highest BCUT2D eigenvalue weighted by molar-refractivity contribution is 6.15. The predicted octanol–water partition coefficient (Wildman–Crippen LogP) is 1.93. The molecule has 1 aromatic carbocycles. The molecular weight excluding hydrogens is 410 g/mol. The van der Waals surface area contributed by atoms with E-state index in [0.717, 1.165) is 28.1 Å². The lowest BCUT2D eigenvalue weighted by atomic mass is 10.0. The van der Waals surface area contributed by atoms with E-state index in [1.807, 2.05) is 0 Å². The Labute approximate surface area is 174 Å². The lowest BCUT2D eigenvalue weighted by Crippen LogP contribution is -2.32. The zero-order valence-corrected chi connectivity index (χ0v) is 16.2. The van der Waals surface area contributed by atoms with Crippen molar-refractivity contribution < 1.29 is 29.5 Å². The second kappa shape index (κ2) is 7.48. The van der Waals surface area contributed by atoms with E-state index in [2.05, 4.69) is 15.7 Å². The minimum absolute atomic E-state index is 0.128. The Morgan fingerprint density at radius 1 is 1.39 bits per heavy atom. The first-order chi connectivity index (χ1) is 14.8. The van der Waals surface area contributed by atoms with Gasteiger partial charge in [0.2, 0.25) is 5.82 Å². The first kappa shape index (κ1) is 19.9. The number of esters is 1. The van der Waals surface area contributed by atoms with E-state index in [-0.39, 0.29) is 23.3 Å². The summed E-state index contributed by atoms with van der Waals surface area (Å²) in [5.41, 5.74) is 1.31. The Morgan fingerprint density at radius 2 is 2.16 bits per heavy atom. The summed E-state index contributed by atoms with van der Waals surface area (Å²) >= 11 is 0. The van der Waals surface area contributed by atoms with E-state index in [9.17, 15) is 29.9 Å². The van der Waals surface area contributed by atoms with Gasteiger partial charge in [0.05, 0.1) is 23.6 Å². The molecule has 31 heavy (non-hydrogen) atoms. The summed E-state index contributed by atoms with van der Waals surface area (Å²) in [6.07, 6.45) is 3.30. The van der Waals surface area contributed by atoms with Crippen LogP contribution in [0.3, 0.4) is 0 Å². The van der Waals surface area contributed by atoms with Gasteiger partial charge in [-0.2, -0.15) is 5.10 Å². The third-order valence-electron chi connectivity index (χ3n) is 5.13. The van der Waals surface area contributed by atoms with Gasteiger partial charge in [-0.25, -0.2) is 9.48 Å². The highest BCUT2D eigenvalue weighted by atomic mass is 16.6. The maximum absolute atomic E-state index is 13.0. The summed E-state index contributed by atoms with van der Waals surface area (Å²) in [4.78, 5) is 35.2. The maximum Gasteiger partial charge on any atom is 0.337 e. The maximum atomic E-state index is 13.0. The number of aromatic nitrogens is 2. The van der Waals surface area contributed by atoms with Gasteiger partial charge in [-0.05, 0) is 36.1 Å². The van der Waals surface area contributed by atoms with Crippen molar-refractivity contribution in [2.45, 2.75) is 18.9 Å². The van der Waals surface area contributed by atoms with Gasteiger partial charge in [0, 0.05) is 6.08 Å². The van der Waals surface area contributed by atoms with Crippen LogP contribution in [0.1, 0.15) is 33.9 Å². The second-order valence-electron chi connectivity index (χ2n) is 6.91. The summed E-state index contributed by atoms with van der Waals surface area (Å²) in [5.74, 6) is -2.38. The molecule has 1 amide bonds. The molecule has 0 unspecified atom stereocenters. The van der Waals surface area contributed by atoms with Crippen LogP contribution in [-0.4, -0.2) is 43.9 Å². The second-order valence-corrected chi connectivity index (χ2v) is 6.91. The van der Waals surface area contributed by atoms with Crippen LogP contribution < -0.4 is 10.6 Å². The van der Waals surface area contributed by atoms with Crippen LogP contribution in [0.2, 0.25) is 0 Å². The topological polar surface area (TPSA) is 169 Å². The average Bonchev–Trinajstić information content (AvgIpc) is 3.36. The number of fused-ring (bicyclic) bond motifs is 2. The summed E-state index contributed by atoms with van der Waals surface area (Å²) < 4.78 is 5.75. The highest BCUT2D eigenvalue weighted by Crippen LogP contribution is 2.35. The first-order valence-corrected chi connectivity index (χ1v) is 9.16. The van der Waals surface area contributed by atoms with Gasteiger partial charge in [0.1, 0.15) is 17.6 Å². The van der Waals surface area contributed by atoms with Gasteiger partial charge >= 0.3 is 11.7 Å². The number of aliphatic hydroxyl groups is 2. The van der Waals surface area contributed by atoms with Gasteiger partial charge in [0.25, 0.3) is 11.9 Å². The fourth-order valence-electron chi connectivity index (χ4n) is 3.66. The average molecular weight is 427 g/mol. The summed E-state index contributed by atoms with van der Waals surface area (Å²) in [7, 11) is 1.30. The van der Waals surface area contributed by atoms with Crippen LogP contribution in [0.4, 0.5) is 11.5 Å². The summed E-state index contributed by atoms with van der Waals surface area (Å²) in [6.45, 7) is 0. The largest absolute Gasteiger partial charge is 0.480 e. The number of nitro groups is 1. The van der Waals surface area contributed by atoms with E-state index in [0.29, 0.717) is 18.4 Å². The van der Waals surface area contributed by atoms with Crippen molar-refractivity contribution in [2.24, 2.45) is 0 Å². The molecule has 0 spiro atoms. The molecule has 0 radical (unpaired) electrons. The van der Waals surface area contributed by atoms with Gasteiger partial charge in [-0.3, -0.25) is 14.9 Å². The van der Waals surface area contributed by atoms with Crippen LogP contribution in [0.15, 0.2) is 42.1 Å². The molecule has 12 heteroatoms. The van der Waals surface area contributed by atoms with Crippen LogP contribution in [0.25, 0.3) is 5.70 Å². The number of amides is 1. The number of carbonyl (C=O) groups excluding carboxylic acids is 2. The molecule has 2 aliphatic rings. The highest BCUT2D eigenvalue weighted by Gasteiger charge is 2.32. The number of benzene rings is 1. The Morgan fingerprint density at radius 3 is 2.84 bits per heavy atom. The van der Waals surface area contributed by atoms with Crippen LogP contribution >= 0.6 is 0 Å². The molecule has 4 rings (SSSR count). The Hall–Kier alpha value is -4.35. The molecule has 1 aromatic heterocycles. The fourth-order valence-corrected chi connectivity index (χ4v) is 3.66. The van der Waals surface area contributed by atoms with Crippen LogP contribution in [0, 0.1) is 10.1 Å². The predicted molar refractivity (Wildman–Crippen MR) is 106 cm³/mol. The number of carbonyl (C=O) groups is 2. The van der Waals surface area contributed by atoms with Crippen molar-refractivity contribution in [3.05, 3.63) is 68.9 Å². The number of hydrogen-bond acceptors (Lipinski definition) is 9. The zero-order valence-electron chi connectivity index (χ0n) is 16.2. The number of nitrogens with one attached hydrogen (secondary N) is 2. The summed E-state index contributed by atoms with van der Waals surface area (Å²) in [5, 5.41) is 39.3. The van der Waals surface area contributed by atoms with Gasteiger partial charge in [-0.1, -0.05) is 6.07 Å². The van der Waals surface area contributed by atoms with Crippen molar-refractivity contribution >= 4 is 29.1 Å². The minimum Gasteiger partial charge on any atom is -0.480 e. The van der Waals surface area contributed by atoms with Crippen molar-refractivity contribution in [3.8, 4) is 0 Å². The number of aryl methyl sites for hydroxylation is 1. The Balaban J connectivity index is 1.63. The Kier molecular flexibility index (Phi) is 4.81. The standard InChI is InChI=1S/C19H17N5O7/c1-31-19(28)10-2-4-11-9(6-10)3-5-12(11)22-17(25)14-7-13(18(26)27)21-16-15(24(29)30)8-20-23(14)16/h2,4,6-8,12,21,26-27H,3,5H2,1H3,(H,22,25)/t12-/m0/s1. The molecule has 1 atom stereocenters. The number of methoxy groups -OCH3 is 1. The summed E-state index contributed by atoms with van der Waals surface area (Å²) in [6, 6.07) is 4.70. The number of rotatable bonds is 4. The fraction of sp³-hybridized carbons (Fsp3) is 0.211. The molecule has 1 aliphatic heterocycles. The van der Waals surface area contributed by atoms with E-state index in [4.69, 9.17) is 4.74 Å². The minimum atomic E-state index is -1.13. The molecule has 4 N–H and O–H groups in total. The lowest BCUT2D eigenvalue weighted by Gasteiger charge is -2.20. The molecule has 0 saturated carbocycles. The number of anilines is 1. The van der Waals surface area contributed by atoms with Crippen LogP contribution in [-0.2, 0) is 16.0 Å². The third kappa shape index (κ3) is 3.43. The number of hydrogen-bond donors (Lipinski definition) is 4. The molecule has 1 aliphatic carbocycles. The van der Waals surface area contributed by atoms with Crippen molar-refractivity contribution in [2.75, 3.05) is 12.4 Å². The molecular formula is C19H17N5O7. The SMILES string of the molecule is COC(=O)c1ccc2c(c1)CC[C@@H]2NC(=O)C1=CC(=C(O)O)Nc2c([N+](=O)[O-])cnn21. The van der Waals surface area contributed by atoms with Crippen molar-refractivity contribution in [1.82, 2.24) is 15.1 Å². The quantitative estimate of drug-likeness (QED) is 0.246. The third-order valence-corrected chi connectivity index (χ3v) is 5.13. The van der Waals surface area contributed by atoms with Crippen molar-refractivity contribution in [3.63, 3.8) is 0 Å². The monoisotopic (exact) mass is 427 g/mol. The van der Waals surface area contributed by atoms with E-state index < -0.39 is 28.4 Å². The Bertz CT molecular complexity index is 1180. The molecule has 0 fully saturated rings. The van der Waals surface area contributed by atoms with Crippen LogP contribution in [0.5, 0.6) is 0 Å². The lowest BCUT2D eigenvalue weighted by molar-refractivity contribution is -0.384. The zero-order chi connectivity index (χ0) is 22.3. The van der Waals surface area contributed by atoms with E-state index in [1.165, 1.54) is 7.11 Å². The first-order valence-electron chi connectivity index (χ1n) is 9.16. The number of ether oxygens (including phenoxy) is 1. The van der Waals surface area contributed by atoms with Crippen molar-refractivity contribution in [1.29, 1.82) is 0 Å². The normalized spacial score (nSPS) is 16.5. The number of nitrogens with zero attached hydrogens (tertiary/aromatic N) is 3. The molecule has 2 aromatic rings. The number of allylic oxidation sites excluding steroid dienone is 1. The van der Waals surface area contributed by atoms with Gasteiger partial charge in [0.15, 0.2) is 0 Å². The van der Waals surface area contributed by atoms with Gasteiger partial charge < -0.3 is 25.6 Å².